The molecule has 4 aromatic carbocycles. The molecule has 268 valence electrons. The Balaban J connectivity index is 1.32. The summed E-state index contributed by atoms with van der Waals surface area (Å²) in [6, 6.07) is 30.9. The topological polar surface area (TPSA) is 103 Å². The highest BCUT2D eigenvalue weighted by atomic mass is 79.9. The number of alkyl carbamates (subject to hydrolysis) is 2. The van der Waals surface area contributed by atoms with Crippen LogP contribution >= 0.6 is 15.9 Å². The lowest BCUT2D eigenvalue weighted by Crippen LogP contribution is -2.44. The summed E-state index contributed by atoms with van der Waals surface area (Å²) >= 11 is 3.55. The van der Waals surface area contributed by atoms with Crippen molar-refractivity contribution in [2.24, 2.45) is 0 Å². The first kappa shape index (κ1) is 37.6. The second kappa shape index (κ2) is 18.0. The molecule has 0 radical (unpaired) electrons. The fourth-order valence-electron chi connectivity index (χ4n) is 6.47. The van der Waals surface area contributed by atoms with E-state index in [2.05, 4.69) is 56.9 Å². The fraction of sp³-hybridized carbons (Fsp3) is 0.357. The molecule has 0 unspecified atom stereocenters. The minimum atomic E-state index is -0.992. The Labute approximate surface area is 309 Å². The third kappa shape index (κ3) is 10.7. The van der Waals surface area contributed by atoms with Gasteiger partial charge in [-0.3, -0.25) is 0 Å². The highest BCUT2D eigenvalue weighted by Crippen LogP contribution is 2.44. The van der Waals surface area contributed by atoms with Crippen molar-refractivity contribution in [1.29, 1.82) is 0 Å². The van der Waals surface area contributed by atoms with Crippen molar-refractivity contribution in [1.82, 2.24) is 10.6 Å². The summed E-state index contributed by atoms with van der Waals surface area (Å²) in [7, 11) is 0. The average Bonchev–Trinajstić information content (AvgIpc) is 3.44. The number of amides is 2. The molecular weight excluding hydrogens is 708 g/mol. The monoisotopic (exact) mass is 754 g/mol. The molecule has 4 aromatic rings. The number of nitrogens with one attached hydrogen (secondary N) is 2. The first-order chi connectivity index (χ1) is 24.6. The van der Waals surface area contributed by atoms with Gasteiger partial charge in [0.05, 0.1) is 0 Å². The number of hydrogen-bond acceptors (Lipinski definition) is 6. The largest absolute Gasteiger partial charge is 0.459 e. The van der Waals surface area contributed by atoms with Gasteiger partial charge in [-0.1, -0.05) is 113 Å². The number of carbonyl (C=O) groups excluding carboxylic acids is 3. The lowest BCUT2D eigenvalue weighted by Gasteiger charge is -2.22. The number of hydrogen-bond donors (Lipinski definition) is 2. The van der Waals surface area contributed by atoms with Gasteiger partial charge in [0, 0.05) is 24.2 Å². The minimum absolute atomic E-state index is 0.0803. The molecule has 0 fully saturated rings. The molecule has 2 amide bonds. The molecule has 8 nitrogen and oxygen atoms in total. The Hall–Kier alpha value is -4.63. The highest BCUT2D eigenvalue weighted by Gasteiger charge is 2.31. The van der Waals surface area contributed by atoms with Gasteiger partial charge >= 0.3 is 18.2 Å². The summed E-state index contributed by atoms with van der Waals surface area (Å²) in [4.78, 5) is 39.5. The van der Waals surface area contributed by atoms with E-state index >= 15 is 0 Å². The van der Waals surface area contributed by atoms with Gasteiger partial charge in [0.15, 0.2) is 0 Å². The lowest BCUT2D eigenvalue weighted by atomic mass is 9.90. The van der Waals surface area contributed by atoms with Gasteiger partial charge < -0.3 is 24.8 Å². The predicted octanol–water partition coefficient (Wildman–Crippen LogP) is 8.66. The third-order valence-electron chi connectivity index (χ3n) is 8.79. The maximum Gasteiger partial charge on any atom is 0.407 e. The molecule has 1 aliphatic carbocycles. The van der Waals surface area contributed by atoms with E-state index in [9.17, 15) is 14.4 Å². The zero-order chi connectivity index (χ0) is 36.2. The van der Waals surface area contributed by atoms with Crippen molar-refractivity contribution in [3.8, 4) is 11.1 Å². The average molecular weight is 756 g/mol. The van der Waals surface area contributed by atoms with Crippen molar-refractivity contribution in [3.63, 3.8) is 0 Å². The van der Waals surface area contributed by atoms with Crippen LogP contribution in [0.4, 0.5) is 9.59 Å². The van der Waals surface area contributed by atoms with Crippen LogP contribution < -0.4 is 10.6 Å². The van der Waals surface area contributed by atoms with Gasteiger partial charge in [0.1, 0.15) is 24.9 Å². The van der Waals surface area contributed by atoms with E-state index in [1.54, 1.807) is 0 Å². The standard InChI is InChI=1S/C42H47BrN2O6/c1-42(2,3)51-40(47)44-25-13-19-31-17-11-16-30(18-12-24-43)36(31)26-38(39(46)49-27-29-14-5-4-6-15-29)45-41(48)50-28-37-34-22-9-7-20-32(34)33-21-8-10-23-35(33)37/h4-11,14-17,20-23,37-38H,12-13,18-19,24-28H2,1-3H3,(H,44,47)(H,45,48)/t38-/m1/s1. The van der Waals surface area contributed by atoms with Gasteiger partial charge in [0.25, 0.3) is 0 Å². The summed E-state index contributed by atoms with van der Waals surface area (Å²) < 4.78 is 17.0. The van der Waals surface area contributed by atoms with Crippen molar-refractivity contribution in [2.75, 3.05) is 18.5 Å². The smallest absolute Gasteiger partial charge is 0.407 e. The molecule has 2 N–H and O–H groups in total. The second-order valence-electron chi connectivity index (χ2n) is 13.7. The molecule has 0 aliphatic heterocycles. The molecule has 51 heavy (non-hydrogen) atoms. The fourth-order valence-corrected chi connectivity index (χ4v) is 6.75. The van der Waals surface area contributed by atoms with E-state index in [0.29, 0.717) is 19.4 Å². The number of benzene rings is 4. The Morgan fingerprint density at radius 2 is 1.35 bits per heavy atom. The van der Waals surface area contributed by atoms with Crippen molar-refractivity contribution in [3.05, 3.63) is 130 Å². The molecule has 1 atom stereocenters. The Morgan fingerprint density at radius 1 is 0.745 bits per heavy atom. The Morgan fingerprint density at radius 3 is 1.98 bits per heavy atom. The zero-order valence-electron chi connectivity index (χ0n) is 29.6. The molecule has 0 saturated heterocycles. The first-order valence-electron chi connectivity index (χ1n) is 17.6. The normalized spacial score (nSPS) is 12.7. The zero-order valence-corrected chi connectivity index (χ0v) is 31.2. The van der Waals surface area contributed by atoms with Gasteiger partial charge in [-0.2, -0.15) is 0 Å². The molecular formula is C42H47BrN2O6. The summed E-state index contributed by atoms with van der Waals surface area (Å²) in [6.45, 7) is 6.13. The van der Waals surface area contributed by atoms with Crippen LogP contribution in [0.5, 0.6) is 0 Å². The molecule has 0 aromatic heterocycles. The van der Waals surface area contributed by atoms with E-state index in [4.69, 9.17) is 14.2 Å². The second-order valence-corrected chi connectivity index (χ2v) is 14.5. The number of ether oxygens (including phenoxy) is 3. The summed E-state index contributed by atoms with van der Waals surface area (Å²) in [5, 5.41) is 6.53. The van der Waals surface area contributed by atoms with Crippen LogP contribution in [0.25, 0.3) is 11.1 Å². The maximum atomic E-state index is 13.8. The van der Waals surface area contributed by atoms with Crippen LogP contribution in [0.15, 0.2) is 97.1 Å². The van der Waals surface area contributed by atoms with E-state index < -0.39 is 29.8 Å². The number of esters is 1. The van der Waals surface area contributed by atoms with E-state index in [0.717, 1.165) is 62.7 Å². The number of alkyl halides is 1. The highest BCUT2D eigenvalue weighted by molar-refractivity contribution is 9.09. The van der Waals surface area contributed by atoms with Crippen molar-refractivity contribution in [2.45, 2.75) is 77.0 Å². The molecule has 5 rings (SSSR count). The predicted molar refractivity (Wildman–Crippen MR) is 203 cm³/mol. The SMILES string of the molecule is CC(C)(C)OC(=O)NCCCc1cccc(CCCBr)c1C[C@@H](NC(=O)OCC1c2ccccc2-c2ccccc21)C(=O)OCc1ccccc1. The van der Waals surface area contributed by atoms with E-state index in [1.807, 2.05) is 87.5 Å². The van der Waals surface area contributed by atoms with Crippen molar-refractivity contribution < 1.29 is 28.6 Å². The van der Waals surface area contributed by atoms with Crippen LogP contribution in [0, 0.1) is 0 Å². The molecule has 1 aliphatic rings. The van der Waals surface area contributed by atoms with E-state index in [-0.39, 0.29) is 25.6 Å². The number of aryl methyl sites for hydroxylation is 2. The molecule has 9 heteroatoms. The molecule has 0 bridgehead atoms. The quantitative estimate of drug-likeness (QED) is 0.0545. The summed E-state index contributed by atoms with van der Waals surface area (Å²) in [5.74, 6) is -0.655. The van der Waals surface area contributed by atoms with E-state index in [1.165, 1.54) is 0 Å². The number of fused-ring (bicyclic) bond motifs is 3. The van der Waals surface area contributed by atoms with Gasteiger partial charge in [-0.25, -0.2) is 14.4 Å². The summed E-state index contributed by atoms with van der Waals surface area (Å²) in [5.41, 5.74) is 7.89. The van der Waals surface area contributed by atoms with Crippen molar-refractivity contribution >= 4 is 34.1 Å². The Bertz CT molecular complexity index is 1740. The van der Waals surface area contributed by atoms with Gasteiger partial charge in [0.2, 0.25) is 0 Å². The van der Waals surface area contributed by atoms with Crippen LogP contribution in [-0.4, -0.2) is 48.3 Å². The van der Waals surface area contributed by atoms with Gasteiger partial charge in [-0.15, -0.1) is 0 Å². The lowest BCUT2D eigenvalue weighted by molar-refractivity contribution is -0.147. The number of rotatable bonds is 15. The third-order valence-corrected chi connectivity index (χ3v) is 9.35. The molecule has 0 heterocycles. The van der Waals surface area contributed by atoms with Crippen LogP contribution in [-0.2, 0) is 44.9 Å². The van der Waals surface area contributed by atoms with Gasteiger partial charge in [-0.05, 0) is 91.0 Å². The van der Waals surface area contributed by atoms with Crippen LogP contribution in [0.1, 0.15) is 72.9 Å². The van der Waals surface area contributed by atoms with Crippen LogP contribution in [0.2, 0.25) is 0 Å². The minimum Gasteiger partial charge on any atom is -0.459 e. The molecule has 0 saturated carbocycles. The van der Waals surface area contributed by atoms with Crippen LogP contribution in [0.3, 0.4) is 0 Å². The summed E-state index contributed by atoms with van der Waals surface area (Å²) in [6.07, 6.45) is 2.11. The molecule has 0 spiro atoms. The Kier molecular flexibility index (Phi) is 13.3. The number of carbonyl (C=O) groups is 3. The first-order valence-corrected chi connectivity index (χ1v) is 18.7. The maximum absolute atomic E-state index is 13.8. The number of halogens is 1.